The maximum atomic E-state index is 12.2. The van der Waals surface area contributed by atoms with Crippen LogP contribution in [0.2, 0.25) is 0 Å². The van der Waals surface area contributed by atoms with Gasteiger partial charge in [0.1, 0.15) is 0 Å². The molecule has 0 atom stereocenters. The summed E-state index contributed by atoms with van der Waals surface area (Å²) in [7, 11) is 0. The van der Waals surface area contributed by atoms with Crippen LogP contribution >= 0.6 is 15.9 Å². The van der Waals surface area contributed by atoms with Crippen molar-refractivity contribution in [3.8, 4) is 11.1 Å². The Labute approximate surface area is 121 Å². The zero-order valence-electron chi connectivity index (χ0n) is 10.5. The van der Waals surface area contributed by atoms with Crippen LogP contribution in [0, 0.1) is 0 Å². The smallest absolute Gasteiger partial charge is 0.253 e. The minimum Gasteiger partial charge on any atom is -0.339 e. The fraction of sp³-hybridized carbons (Fsp3) is 0.188. The molecule has 19 heavy (non-hydrogen) atoms. The maximum Gasteiger partial charge on any atom is 0.253 e. The van der Waals surface area contributed by atoms with E-state index in [-0.39, 0.29) is 5.91 Å². The van der Waals surface area contributed by atoms with Gasteiger partial charge in [0, 0.05) is 23.1 Å². The number of hydrogen-bond acceptors (Lipinski definition) is 1. The molecular formula is C16H14BrNO. The molecule has 1 aliphatic rings. The second-order valence-corrected chi connectivity index (χ2v) is 5.56. The predicted molar refractivity (Wildman–Crippen MR) is 80.1 cm³/mol. The van der Waals surface area contributed by atoms with Gasteiger partial charge in [-0.3, -0.25) is 4.79 Å². The summed E-state index contributed by atoms with van der Waals surface area (Å²) in [4.78, 5) is 14.1. The van der Waals surface area contributed by atoms with Crippen molar-refractivity contribution in [3.63, 3.8) is 0 Å². The molecule has 0 bridgehead atoms. The monoisotopic (exact) mass is 315 g/mol. The van der Waals surface area contributed by atoms with E-state index in [1.807, 2.05) is 47.4 Å². The summed E-state index contributed by atoms with van der Waals surface area (Å²) in [5, 5.41) is 0. The van der Waals surface area contributed by atoms with E-state index in [4.69, 9.17) is 0 Å². The Morgan fingerprint density at radius 2 is 1.84 bits per heavy atom. The highest BCUT2D eigenvalue weighted by Crippen LogP contribution is 2.28. The molecule has 1 aliphatic heterocycles. The topological polar surface area (TPSA) is 20.3 Å². The van der Waals surface area contributed by atoms with Crippen LogP contribution in [0.4, 0.5) is 0 Å². The number of nitrogens with zero attached hydrogens (tertiary/aromatic N) is 1. The Kier molecular flexibility index (Phi) is 3.38. The maximum absolute atomic E-state index is 12.2. The Morgan fingerprint density at radius 3 is 2.53 bits per heavy atom. The third-order valence-electron chi connectivity index (χ3n) is 3.44. The van der Waals surface area contributed by atoms with Crippen LogP contribution in [0.1, 0.15) is 16.8 Å². The highest BCUT2D eigenvalue weighted by molar-refractivity contribution is 9.10. The summed E-state index contributed by atoms with van der Waals surface area (Å²) in [6.07, 6.45) is 1.12. The van der Waals surface area contributed by atoms with E-state index in [2.05, 4.69) is 22.0 Å². The normalized spacial score (nSPS) is 14.1. The van der Waals surface area contributed by atoms with Gasteiger partial charge in [-0.1, -0.05) is 46.3 Å². The lowest BCUT2D eigenvalue weighted by molar-refractivity contribution is 0.0652. The van der Waals surface area contributed by atoms with Crippen molar-refractivity contribution in [1.82, 2.24) is 4.90 Å². The van der Waals surface area contributed by atoms with Gasteiger partial charge in [-0.25, -0.2) is 0 Å². The molecule has 1 amide bonds. The van der Waals surface area contributed by atoms with Crippen LogP contribution < -0.4 is 0 Å². The fourth-order valence-electron chi connectivity index (χ4n) is 2.22. The number of amides is 1. The summed E-state index contributed by atoms with van der Waals surface area (Å²) in [5.41, 5.74) is 2.95. The molecule has 2 aromatic carbocycles. The van der Waals surface area contributed by atoms with Gasteiger partial charge in [0.05, 0.1) is 0 Å². The predicted octanol–water partition coefficient (Wildman–Crippen LogP) is 3.96. The van der Waals surface area contributed by atoms with E-state index in [0.717, 1.165) is 40.7 Å². The number of rotatable bonds is 2. The first kappa shape index (κ1) is 12.4. The molecule has 0 aromatic heterocycles. The lowest BCUT2D eigenvalue weighted by Crippen LogP contribution is -2.41. The Balaban J connectivity index is 1.96. The number of carbonyl (C=O) groups is 1. The molecule has 2 aromatic rings. The molecule has 0 saturated carbocycles. The number of benzene rings is 2. The molecule has 96 valence electrons. The van der Waals surface area contributed by atoms with Crippen LogP contribution in [-0.4, -0.2) is 23.9 Å². The van der Waals surface area contributed by atoms with Gasteiger partial charge in [-0.15, -0.1) is 0 Å². The van der Waals surface area contributed by atoms with Gasteiger partial charge < -0.3 is 4.90 Å². The standard InChI is InChI=1S/C16H14BrNO/c17-15-8-2-1-7-14(15)12-5-3-6-13(11-12)16(19)18-9-4-10-18/h1-3,5-8,11H,4,9-10H2. The van der Waals surface area contributed by atoms with E-state index in [0.29, 0.717) is 0 Å². The van der Waals surface area contributed by atoms with Crippen LogP contribution in [0.5, 0.6) is 0 Å². The molecule has 3 rings (SSSR count). The summed E-state index contributed by atoms with van der Waals surface area (Å²) >= 11 is 3.55. The number of likely N-dealkylation sites (tertiary alicyclic amines) is 1. The molecule has 0 aliphatic carbocycles. The van der Waals surface area contributed by atoms with Gasteiger partial charge in [-0.05, 0) is 35.7 Å². The molecule has 0 spiro atoms. The van der Waals surface area contributed by atoms with Crippen molar-refractivity contribution >= 4 is 21.8 Å². The average molecular weight is 316 g/mol. The Bertz CT molecular complexity index is 620. The van der Waals surface area contributed by atoms with Crippen molar-refractivity contribution in [2.45, 2.75) is 6.42 Å². The lowest BCUT2D eigenvalue weighted by Gasteiger charge is -2.31. The van der Waals surface area contributed by atoms with Gasteiger partial charge >= 0.3 is 0 Å². The van der Waals surface area contributed by atoms with Crippen LogP contribution in [0.25, 0.3) is 11.1 Å². The largest absolute Gasteiger partial charge is 0.339 e. The van der Waals surface area contributed by atoms with E-state index in [1.165, 1.54) is 0 Å². The SMILES string of the molecule is O=C(c1cccc(-c2ccccc2Br)c1)N1CCC1. The average Bonchev–Trinajstić information content (AvgIpc) is 2.37. The molecule has 1 fully saturated rings. The first-order valence-electron chi connectivity index (χ1n) is 6.40. The first-order chi connectivity index (χ1) is 9.25. The minimum absolute atomic E-state index is 0.139. The van der Waals surface area contributed by atoms with E-state index in [1.54, 1.807) is 0 Å². The molecule has 0 unspecified atom stereocenters. The van der Waals surface area contributed by atoms with Gasteiger partial charge in [-0.2, -0.15) is 0 Å². The molecule has 0 radical (unpaired) electrons. The third kappa shape index (κ3) is 2.43. The summed E-state index contributed by atoms with van der Waals surface area (Å²) < 4.78 is 1.04. The zero-order valence-corrected chi connectivity index (χ0v) is 12.1. The van der Waals surface area contributed by atoms with Gasteiger partial charge in [0.2, 0.25) is 0 Å². The van der Waals surface area contributed by atoms with Gasteiger partial charge in [0.25, 0.3) is 5.91 Å². The molecule has 0 N–H and O–H groups in total. The quantitative estimate of drug-likeness (QED) is 0.821. The summed E-state index contributed by atoms with van der Waals surface area (Å²) in [6, 6.07) is 15.9. The number of halogens is 1. The second kappa shape index (κ2) is 5.17. The van der Waals surface area contributed by atoms with E-state index in [9.17, 15) is 4.79 Å². The number of hydrogen-bond donors (Lipinski definition) is 0. The highest BCUT2D eigenvalue weighted by Gasteiger charge is 2.21. The lowest BCUT2D eigenvalue weighted by atomic mass is 10.0. The van der Waals surface area contributed by atoms with Crippen molar-refractivity contribution in [2.24, 2.45) is 0 Å². The van der Waals surface area contributed by atoms with Gasteiger partial charge in [0.15, 0.2) is 0 Å². The number of carbonyl (C=O) groups excluding carboxylic acids is 1. The van der Waals surface area contributed by atoms with Crippen molar-refractivity contribution in [3.05, 3.63) is 58.6 Å². The Morgan fingerprint density at radius 1 is 1.05 bits per heavy atom. The third-order valence-corrected chi connectivity index (χ3v) is 4.13. The highest BCUT2D eigenvalue weighted by atomic mass is 79.9. The zero-order chi connectivity index (χ0) is 13.2. The fourth-order valence-corrected chi connectivity index (χ4v) is 2.73. The van der Waals surface area contributed by atoms with Crippen molar-refractivity contribution in [1.29, 1.82) is 0 Å². The van der Waals surface area contributed by atoms with Crippen LogP contribution in [-0.2, 0) is 0 Å². The second-order valence-electron chi connectivity index (χ2n) is 4.71. The van der Waals surface area contributed by atoms with Crippen LogP contribution in [0.15, 0.2) is 53.0 Å². The molecule has 1 heterocycles. The minimum atomic E-state index is 0.139. The van der Waals surface area contributed by atoms with Crippen molar-refractivity contribution in [2.75, 3.05) is 13.1 Å². The van der Waals surface area contributed by atoms with Crippen molar-refractivity contribution < 1.29 is 4.79 Å². The first-order valence-corrected chi connectivity index (χ1v) is 7.19. The van der Waals surface area contributed by atoms with E-state index >= 15 is 0 Å². The molecule has 2 nitrogen and oxygen atoms in total. The molecule has 3 heteroatoms. The summed E-state index contributed by atoms with van der Waals surface area (Å²) in [6.45, 7) is 1.77. The molecular weight excluding hydrogens is 302 g/mol. The Hall–Kier alpha value is -1.61. The summed E-state index contributed by atoms with van der Waals surface area (Å²) in [5.74, 6) is 0.139. The molecule has 1 saturated heterocycles. The van der Waals surface area contributed by atoms with E-state index < -0.39 is 0 Å². The van der Waals surface area contributed by atoms with Crippen LogP contribution in [0.3, 0.4) is 0 Å².